The molecule has 0 unspecified atom stereocenters. The first-order valence-corrected chi connectivity index (χ1v) is 8.45. The molecule has 20 heavy (non-hydrogen) atoms. The van der Waals surface area contributed by atoms with Gasteiger partial charge in [0.2, 0.25) is 0 Å². The molecule has 5 heteroatoms. The van der Waals surface area contributed by atoms with Crippen molar-refractivity contribution in [3.05, 3.63) is 20.8 Å². The molecule has 1 aromatic heterocycles. The van der Waals surface area contributed by atoms with Crippen LogP contribution in [0.3, 0.4) is 0 Å². The first kappa shape index (κ1) is 15.8. The van der Waals surface area contributed by atoms with Gasteiger partial charge in [-0.05, 0) is 49.5 Å². The molecule has 1 aliphatic rings. The average Bonchev–Trinajstić information content (AvgIpc) is 2.78. The van der Waals surface area contributed by atoms with Gasteiger partial charge in [-0.3, -0.25) is 4.79 Å². The number of carbonyl (C=O) groups is 1. The average molecular weight is 316 g/mol. The second-order valence-electron chi connectivity index (χ2n) is 5.82. The van der Waals surface area contributed by atoms with Gasteiger partial charge in [0.15, 0.2) is 0 Å². The highest BCUT2D eigenvalue weighted by atomic mass is 35.5. The van der Waals surface area contributed by atoms with Crippen LogP contribution in [0, 0.1) is 12.8 Å². The summed E-state index contributed by atoms with van der Waals surface area (Å²) in [6, 6.07) is 0. The van der Waals surface area contributed by atoms with E-state index in [0.717, 1.165) is 37.2 Å². The number of hydrogen-bond donors (Lipinski definition) is 2. The summed E-state index contributed by atoms with van der Waals surface area (Å²) in [7, 11) is 0. The van der Waals surface area contributed by atoms with E-state index in [1.54, 1.807) is 0 Å². The Bertz CT molecular complexity index is 478. The second kappa shape index (κ2) is 6.46. The molecular weight excluding hydrogens is 294 g/mol. The van der Waals surface area contributed by atoms with E-state index in [2.05, 4.69) is 12.2 Å². The standard InChI is InChI=1S/C15H22ClNO2S/c1-3-11-4-6-15(19,7-5-11)9-17-14(18)13-12(16)10(2)8-20-13/h8,11,19H,3-7,9H2,1-2H3,(H,17,18). The molecule has 0 radical (unpaired) electrons. The normalized spacial score (nSPS) is 26.5. The molecule has 0 aromatic carbocycles. The zero-order valence-corrected chi connectivity index (χ0v) is 13.6. The van der Waals surface area contributed by atoms with Crippen molar-refractivity contribution in [2.45, 2.75) is 51.6 Å². The van der Waals surface area contributed by atoms with Crippen molar-refractivity contribution in [3.63, 3.8) is 0 Å². The van der Waals surface area contributed by atoms with Crippen LogP contribution in [-0.2, 0) is 0 Å². The fraction of sp³-hybridized carbons (Fsp3) is 0.667. The van der Waals surface area contributed by atoms with Gasteiger partial charge in [0.1, 0.15) is 4.88 Å². The van der Waals surface area contributed by atoms with Crippen LogP contribution < -0.4 is 5.32 Å². The lowest BCUT2D eigenvalue weighted by Crippen LogP contribution is -2.45. The van der Waals surface area contributed by atoms with Gasteiger partial charge in [0.25, 0.3) is 5.91 Å². The lowest BCUT2D eigenvalue weighted by atomic mass is 9.78. The second-order valence-corrected chi connectivity index (χ2v) is 7.08. The van der Waals surface area contributed by atoms with E-state index in [0.29, 0.717) is 16.4 Å². The molecule has 0 bridgehead atoms. The maximum atomic E-state index is 12.1. The maximum absolute atomic E-state index is 12.1. The minimum absolute atomic E-state index is 0.181. The van der Waals surface area contributed by atoms with Crippen LogP contribution in [0.25, 0.3) is 0 Å². The number of hydrogen-bond acceptors (Lipinski definition) is 3. The quantitative estimate of drug-likeness (QED) is 0.888. The molecule has 2 N–H and O–H groups in total. The van der Waals surface area contributed by atoms with Crippen molar-refractivity contribution in [3.8, 4) is 0 Å². The SMILES string of the molecule is CCC1CCC(O)(CNC(=O)c2scc(C)c2Cl)CC1. The van der Waals surface area contributed by atoms with Crippen molar-refractivity contribution in [1.29, 1.82) is 0 Å². The third kappa shape index (κ3) is 3.54. The highest BCUT2D eigenvalue weighted by molar-refractivity contribution is 7.13. The molecular formula is C15H22ClNO2S. The van der Waals surface area contributed by atoms with Gasteiger partial charge in [0, 0.05) is 6.54 Å². The smallest absolute Gasteiger partial charge is 0.262 e. The van der Waals surface area contributed by atoms with Crippen LogP contribution in [0.2, 0.25) is 5.02 Å². The Morgan fingerprint density at radius 3 is 2.70 bits per heavy atom. The lowest BCUT2D eigenvalue weighted by molar-refractivity contribution is -0.00783. The molecule has 2 rings (SSSR count). The van der Waals surface area contributed by atoms with Crippen LogP contribution in [0.1, 0.15) is 54.3 Å². The molecule has 1 aromatic rings. The predicted molar refractivity (Wildman–Crippen MR) is 83.6 cm³/mol. The van der Waals surface area contributed by atoms with Gasteiger partial charge in [-0.25, -0.2) is 0 Å². The summed E-state index contributed by atoms with van der Waals surface area (Å²) in [5, 5.41) is 15.7. The zero-order valence-electron chi connectivity index (χ0n) is 12.0. The van der Waals surface area contributed by atoms with Gasteiger partial charge >= 0.3 is 0 Å². The van der Waals surface area contributed by atoms with Crippen molar-refractivity contribution >= 4 is 28.8 Å². The summed E-state index contributed by atoms with van der Waals surface area (Å²) in [6.45, 7) is 4.39. The third-order valence-electron chi connectivity index (χ3n) is 4.30. The molecule has 0 atom stereocenters. The number of aliphatic hydroxyl groups is 1. The molecule has 112 valence electrons. The minimum atomic E-state index is -0.750. The monoisotopic (exact) mass is 315 g/mol. The van der Waals surface area contributed by atoms with Crippen LogP contribution in [0.4, 0.5) is 0 Å². The van der Waals surface area contributed by atoms with E-state index in [-0.39, 0.29) is 5.91 Å². The molecule has 1 heterocycles. The van der Waals surface area contributed by atoms with E-state index in [4.69, 9.17) is 11.6 Å². The Balaban J connectivity index is 1.89. The predicted octanol–water partition coefficient (Wildman–Crippen LogP) is 3.77. The number of halogens is 1. The Hall–Kier alpha value is -0.580. The number of amides is 1. The highest BCUT2D eigenvalue weighted by Crippen LogP contribution is 2.33. The molecule has 0 aliphatic heterocycles. The summed E-state index contributed by atoms with van der Waals surface area (Å²) in [5.74, 6) is 0.541. The van der Waals surface area contributed by atoms with Crippen molar-refractivity contribution in [1.82, 2.24) is 5.32 Å². The highest BCUT2D eigenvalue weighted by Gasteiger charge is 2.33. The lowest BCUT2D eigenvalue weighted by Gasteiger charge is -2.35. The van der Waals surface area contributed by atoms with Gasteiger partial charge in [-0.2, -0.15) is 0 Å². The summed E-state index contributed by atoms with van der Waals surface area (Å²) in [5.41, 5.74) is 0.170. The number of nitrogens with one attached hydrogen (secondary N) is 1. The first-order chi connectivity index (χ1) is 9.45. The van der Waals surface area contributed by atoms with Crippen LogP contribution in [0.5, 0.6) is 0 Å². The zero-order chi connectivity index (χ0) is 14.8. The van der Waals surface area contributed by atoms with E-state index in [9.17, 15) is 9.90 Å². The van der Waals surface area contributed by atoms with E-state index < -0.39 is 5.60 Å². The van der Waals surface area contributed by atoms with Gasteiger partial charge < -0.3 is 10.4 Å². The van der Waals surface area contributed by atoms with Crippen molar-refractivity contribution in [2.24, 2.45) is 5.92 Å². The Morgan fingerprint density at radius 1 is 1.55 bits per heavy atom. The van der Waals surface area contributed by atoms with Gasteiger partial charge in [-0.1, -0.05) is 24.9 Å². The fourth-order valence-electron chi connectivity index (χ4n) is 2.71. The third-order valence-corrected chi connectivity index (χ3v) is 5.99. The maximum Gasteiger partial charge on any atom is 0.262 e. The van der Waals surface area contributed by atoms with E-state index in [1.165, 1.54) is 17.8 Å². The van der Waals surface area contributed by atoms with E-state index >= 15 is 0 Å². The number of rotatable bonds is 4. The number of thiophene rings is 1. The number of aryl methyl sites for hydroxylation is 1. The van der Waals surface area contributed by atoms with Gasteiger partial charge in [-0.15, -0.1) is 11.3 Å². The summed E-state index contributed by atoms with van der Waals surface area (Å²) in [4.78, 5) is 12.6. The van der Waals surface area contributed by atoms with E-state index in [1.807, 2.05) is 12.3 Å². The Labute approximate surface area is 129 Å². The Kier molecular flexibility index (Phi) is 5.10. The molecule has 3 nitrogen and oxygen atoms in total. The molecule has 0 saturated heterocycles. The molecule has 1 amide bonds. The molecule has 1 aliphatic carbocycles. The largest absolute Gasteiger partial charge is 0.388 e. The van der Waals surface area contributed by atoms with Crippen molar-refractivity contribution in [2.75, 3.05) is 6.54 Å². The van der Waals surface area contributed by atoms with Crippen LogP contribution in [-0.4, -0.2) is 23.2 Å². The summed E-state index contributed by atoms with van der Waals surface area (Å²) < 4.78 is 0. The molecule has 1 fully saturated rings. The minimum Gasteiger partial charge on any atom is -0.388 e. The van der Waals surface area contributed by atoms with Gasteiger partial charge in [0.05, 0.1) is 10.6 Å². The topological polar surface area (TPSA) is 49.3 Å². The number of carbonyl (C=O) groups excluding carboxylic acids is 1. The molecule has 1 saturated carbocycles. The fourth-order valence-corrected chi connectivity index (χ4v) is 3.90. The van der Waals surface area contributed by atoms with Crippen molar-refractivity contribution < 1.29 is 9.90 Å². The first-order valence-electron chi connectivity index (χ1n) is 7.19. The molecule has 0 spiro atoms. The Morgan fingerprint density at radius 2 is 2.20 bits per heavy atom. The summed E-state index contributed by atoms with van der Waals surface area (Å²) >= 11 is 7.43. The summed E-state index contributed by atoms with van der Waals surface area (Å²) in [6.07, 6.45) is 4.79. The van der Waals surface area contributed by atoms with Crippen LogP contribution >= 0.6 is 22.9 Å². The van der Waals surface area contributed by atoms with Crippen LogP contribution in [0.15, 0.2) is 5.38 Å².